The average molecular weight is 302 g/mol. The molecule has 0 aromatic heterocycles. The SMILES string of the molecule is CC(N)C1CN(C(C)c2ccccc2C(F)(F)F)CCO1. The van der Waals surface area contributed by atoms with E-state index < -0.39 is 11.7 Å². The van der Waals surface area contributed by atoms with Crippen molar-refractivity contribution in [2.24, 2.45) is 5.73 Å². The standard InChI is InChI=1S/C15H21F3N2O/c1-10(19)14-9-20(7-8-21-14)11(2)12-5-3-4-6-13(12)15(16,17)18/h3-6,10-11,14H,7-9,19H2,1-2H3. The highest BCUT2D eigenvalue weighted by molar-refractivity contribution is 5.32. The molecule has 118 valence electrons. The predicted molar refractivity (Wildman–Crippen MR) is 74.8 cm³/mol. The molecule has 1 fully saturated rings. The van der Waals surface area contributed by atoms with Crippen LogP contribution < -0.4 is 5.73 Å². The predicted octanol–water partition coefficient (Wildman–Crippen LogP) is 2.81. The monoisotopic (exact) mass is 302 g/mol. The van der Waals surface area contributed by atoms with Gasteiger partial charge in [-0.2, -0.15) is 13.2 Å². The van der Waals surface area contributed by atoms with E-state index in [1.54, 1.807) is 19.1 Å². The third kappa shape index (κ3) is 3.75. The molecule has 2 rings (SSSR count). The molecule has 1 aliphatic rings. The topological polar surface area (TPSA) is 38.5 Å². The summed E-state index contributed by atoms with van der Waals surface area (Å²) >= 11 is 0. The van der Waals surface area contributed by atoms with Gasteiger partial charge in [0.05, 0.1) is 18.3 Å². The Morgan fingerprint density at radius 2 is 1.95 bits per heavy atom. The fraction of sp³-hybridized carbons (Fsp3) is 0.600. The van der Waals surface area contributed by atoms with Gasteiger partial charge in [0.1, 0.15) is 0 Å². The maximum Gasteiger partial charge on any atom is 0.416 e. The summed E-state index contributed by atoms with van der Waals surface area (Å²) in [6.45, 7) is 5.29. The average Bonchev–Trinajstić information content (AvgIpc) is 2.45. The van der Waals surface area contributed by atoms with E-state index in [1.165, 1.54) is 6.07 Å². The normalized spacial score (nSPS) is 23.8. The summed E-state index contributed by atoms with van der Waals surface area (Å²) in [7, 11) is 0. The van der Waals surface area contributed by atoms with Crippen molar-refractivity contribution in [2.75, 3.05) is 19.7 Å². The fourth-order valence-electron chi connectivity index (χ4n) is 2.68. The van der Waals surface area contributed by atoms with Crippen LogP contribution in [-0.4, -0.2) is 36.7 Å². The molecule has 0 saturated carbocycles. The zero-order valence-corrected chi connectivity index (χ0v) is 12.2. The number of ether oxygens (including phenoxy) is 1. The van der Waals surface area contributed by atoms with Crippen molar-refractivity contribution in [1.29, 1.82) is 0 Å². The fourth-order valence-corrected chi connectivity index (χ4v) is 2.68. The van der Waals surface area contributed by atoms with Crippen molar-refractivity contribution >= 4 is 0 Å². The molecule has 3 unspecified atom stereocenters. The lowest BCUT2D eigenvalue weighted by atomic mass is 9.98. The van der Waals surface area contributed by atoms with Gasteiger partial charge in [0.2, 0.25) is 0 Å². The van der Waals surface area contributed by atoms with Crippen LogP contribution in [-0.2, 0) is 10.9 Å². The maximum absolute atomic E-state index is 13.1. The molecule has 0 radical (unpaired) electrons. The molecule has 0 spiro atoms. The van der Waals surface area contributed by atoms with Crippen LogP contribution in [0.25, 0.3) is 0 Å². The van der Waals surface area contributed by atoms with Crippen LogP contribution in [0, 0.1) is 0 Å². The molecule has 6 heteroatoms. The van der Waals surface area contributed by atoms with Crippen molar-refractivity contribution in [2.45, 2.75) is 38.2 Å². The molecule has 1 aliphatic heterocycles. The Labute approximate surface area is 122 Å². The third-order valence-electron chi connectivity index (χ3n) is 3.98. The van der Waals surface area contributed by atoms with Crippen molar-refractivity contribution in [3.63, 3.8) is 0 Å². The number of hydrogen-bond acceptors (Lipinski definition) is 3. The zero-order valence-electron chi connectivity index (χ0n) is 12.2. The molecule has 21 heavy (non-hydrogen) atoms. The minimum atomic E-state index is -4.34. The Hall–Kier alpha value is -1.11. The number of nitrogens with zero attached hydrogens (tertiary/aromatic N) is 1. The highest BCUT2D eigenvalue weighted by Gasteiger charge is 2.36. The maximum atomic E-state index is 13.1. The van der Waals surface area contributed by atoms with Gasteiger partial charge in [-0.25, -0.2) is 0 Å². The van der Waals surface area contributed by atoms with Crippen LogP contribution >= 0.6 is 0 Å². The second kappa shape index (κ2) is 6.34. The number of hydrogen-bond donors (Lipinski definition) is 1. The first-order valence-corrected chi connectivity index (χ1v) is 7.08. The van der Waals surface area contributed by atoms with E-state index in [0.717, 1.165) is 6.07 Å². The van der Waals surface area contributed by atoms with Gasteiger partial charge in [0.15, 0.2) is 0 Å². The van der Waals surface area contributed by atoms with Crippen LogP contribution in [0.1, 0.15) is 31.0 Å². The first kappa shape index (κ1) is 16.3. The second-order valence-corrected chi connectivity index (χ2v) is 5.52. The summed E-state index contributed by atoms with van der Waals surface area (Å²) in [6.07, 6.45) is -4.48. The lowest BCUT2D eigenvalue weighted by molar-refractivity contribution is -0.139. The van der Waals surface area contributed by atoms with E-state index in [-0.39, 0.29) is 18.2 Å². The molecule has 0 aliphatic carbocycles. The summed E-state index contributed by atoms with van der Waals surface area (Å²) in [5.74, 6) is 0. The van der Waals surface area contributed by atoms with Gasteiger partial charge in [0, 0.05) is 25.2 Å². The van der Waals surface area contributed by atoms with Crippen molar-refractivity contribution in [1.82, 2.24) is 4.90 Å². The molecule has 3 nitrogen and oxygen atoms in total. The Bertz CT molecular complexity index is 476. The second-order valence-electron chi connectivity index (χ2n) is 5.52. The number of nitrogens with two attached hydrogens (primary N) is 1. The van der Waals surface area contributed by atoms with Gasteiger partial charge in [-0.15, -0.1) is 0 Å². The van der Waals surface area contributed by atoms with Gasteiger partial charge >= 0.3 is 6.18 Å². The molecule has 3 atom stereocenters. The Kier molecular flexibility index (Phi) is 4.91. The molecule has 2 N–H and O–H groups in total. The van der Waals surface area contributed by atoms with Crippen LogP contribution in [0.3, 0.4) is 0 Å². The summed E-state index contributed by atoms with van der Waals surface area (Å²) in [5.41, 5.74) is 5.57. The minimum absolute atomic E-state index is 0.140. The van der Waals surface area contributed by atoms with Crippen LogP contribution in [0.2, 0.25) is 0 Å². The molecular weight excluding hydrogens is 281 g/mol. The first-order valence-electron chi connectivity index (χ1n) is 7.08. The van der Waals surface area contributed by atoms with E-state index in [9.17, 15) is 13.2 Å². The van der Waals surface area contributed by atoms with E-state index in [4.69, 9.17) is 10.5 Å². The highest BCUT2D eigenvalue weighted by atomic mass is 19.4. The summed E-state index contributed by atoms with van der Waals surface area (Å²) in [6, 6.07) is 5.28. The zero-order chi connectivity index (χ0) is 15.6. The molecule has 0 amide bonds. The minimum Gasteiger partial charge on any atom is -0.374 e. The van der Waals surface area contributed by atoms with Crippen molar-refractivity contribution < 1.29 is 17.9 Å². The molecule has 1 aromatic rings. The van der Waals surface area contributed by atoms with Crippen molar-refractivity contribution in [3.05, 3.63) is 35.4 Å². The Morgan fingerprint density at radius 3 is 2.57 bits per heavy atom. The summed E-state index contributed by atoms with van der Waals surface area (Å²) in [5, 5.41) is 0. The van der Waals surface area contributed by atoms with Crippen molar-refractivity contribution in [3.8, 4) is 0 Å². The largest absolute Gasteiger partial charge is 0.416 e. The van der Waals surface area contributed by atoms with E-state index in [0.29, 0.717) is 25.3 Å². The van der Waals surface area contributed by atoms with Crippen LogP contribution in [0.5, 0.6) is 0 Å². The smallest absolute Gasteiger partial charge is 0.374 e. The van der Waals surface area contributed by atoms with Gasteiger partial charge in [-0.05, 0) is 25.5 Å². The highest BCUT2D eigenvalue weighted by Crippen LogP contribution is 2.36. The lowest BCUT2D eigenvalue weighted by Crippen LogP contribution is -2.50. The van der Waals surface area contributed by atoms with Gasteiger partial charge < -0.3 is 10.5 Å². The van der Waals surface area contributed by atoms with E-state index >= 15 is 0 Å². The summed E-state index contributed by atoms with van der Waals surface area (Å²) < 4.78 is 44.9. The van der Waals surface area contributed by atoms with Crippen LogP contribution in [0.4, 0.5) is 13.2 Å². The quantitative estimate of drug-likeness (QED) is 0.933. The summed E-state index contributed by atoms with van der Waals surface area (Å²) in [4.78, 5) is 2.00. The number of morpholine rings is 1. The Morgan fingerprint density at radius 1 is 1.29 bits per heavy atom. The molecule has 1 heterocycles. The van der Waals surface area contributed by atoms with Gasteiger partial charge in [0.25, 0.3) is 0 Å². The third-order valence-corrected chi connectivity index (χ3v) is 3.98. The number of benzene rings is 1. The van der Waals surface area contributed by atoms with Crippen LogP contribution in [0.15, 0.2) is 24.3 Å². The van der Waals surface area contributed by atoms with E-state index in [1.807, 2.05) is 11.8 Å². The van der Waals surface area contributed by atoms with Gasteiger partial charge in [-0.1, -0.05) is 18.2 Å². The number of alkyl halides is 3. The number of rotatable bonds is 3. The first-order chi connectivity index (χ1) is 9.80. The number of halogens is 3. The Balaban J connectivity index is 2.22. The molecule has 0 bridgehead atoms. The molecule has 1 saturated heterocycles. The molecular formula is C15H21F3N2O. The van der Waals surface area contributed by atoms with Gasteiger partial charge in [-0.3, -0.25) is 4.90 Å². The molecule has 1 aromatic carbocycles. The van der Waals surface area contributed by atoms with E-state index in [2.05, 4.69) is 0 Å². The lowest BCUT2D eigenvalue weighted by Gasteiger charge is -2.39.